The molecule has 0 spiro atoms. The summed E-state index contributed by atoms with van der Waals surface area (Å²) in [6.45, 7) is 1.80. The van der Waals surface area contributed by atoms with E-state index in [2.05, 4.69) is 20.4 Å². The molecule has 24 heavy (non-hydrogen) atoms. The molecule has 2 amide bonds. The fourth-order valence-electron chi connectivity index (χ4n) is 2.82. The molecule has 1 heterocycles. The summed E-state index contributed by atoms with van der Waals surface area (Å²) in [6, 6.07) is 2.69. The van der Waals surface area contributed by atoms with E-state index in [4.69, 9.17) is 0 Å². The van der Waals surface area contributed by atoms with Gasteiger partial charge in [-0.2, -0.15) is 0 Å². The number of nitrogens with zero attached hydrogens (tertiary/aromatic N) is 1. The molecule has 1 saturated carbocycles. The summed E-state index contributed by atoms with van der Waals surface area (Å²) in [5, 5.41) is 5.51. The van der Waals surface area contributed by atoms with Crippen LogP contribution in [-0.4, -0.2) is 35.9 Å². The summed E-state index contributed by atoms with van der Waals surface area (Å²) >= 11 is 0. The molecule has 0 radical (unpaired) electrons. The topological polar surface area (TPSA) is 97.4 Å². The van der Waals surface area contributed by atoms with E-state index in [1.807, 2.05) is 0 Å². The Hall–Kier alpha value is -2.44. The van der Waals surface area contributed by atoms with Crippen molar-refractivity contribution >= 4 is 23.6 Å². The molecule has 0 aromatic carbocycles. The number of hydrogen-bond donors (Lipinski definition) is 2. The van der Waals surface area contributed by atoms with Crippen LogP contribution in [0.25, 0.3) is 0 Å². The van der Waals surface area contributed by atoms with Gasteiger partial charge in [0.1, 0.15) is 5.82 Å². The van der Waals surface area contributed by atoms with Crippen molar-refractivity contribution in [1.82, 2.24) is 10.3 Å². The molecular weight excluding hydrogens is 310 g/mol. The molecule has 1 aromatic heterocycles. The Bertz CT molecular complexity index is 612. The number of rotatable bonds is 6. The largest absolute Gasteiger partial charge is 0.465 e. The monoisotopic (exact) mass is 333 g/mol. The summed E-state index contributed by atoms with van der Waals surface area (Å²) in [7, 11) is 1.29. The van der Waals surface area contributed by atoms with Gasteiger partial charge >= 0.3 is 5.97 Å². The Morgan fingerprint density at radius 3 is 2.71 bits per heavy atom. The Balaban J connectivity index is 1.84. The molecule has 1 atom stereocenters. The van der Waals surface area contributed by atoms with E-state index in [-0.39, 0.29) is 36.0 Å². The van der Waals surface area contributed by atoms with E-state index in [0.717, 1.165) is 25.7 Å². The number of esters is 1. The molecule has 0 saturated heterocycles. The minimum absolute atomic E-state index is 0.0265. The molecule has 7 nitrogen and oxygen atoms in total. The summed E-state index contributed by atoms with van der Waals surface area (Å²) in [5.74, 6) is -0.390. The lowest BCUT2D eigenvalue weighted by atomic mass is 10.1. The predicted molar refractivity (Wildman–Crippen MR) is 88.4 cm³/mol. The number of anilines is 1. The highest BCUT2D eigenvalue weighted by atomic mass is 16.5. The minimum atomic E-state index is -0.495. The molecule has 1 fully saturated rings. The first-order valence-electron chi connectivity index (χ1n) is 8.14. The molecule has 0 bridgehead atoms. The number of pyridine rings is 1. The SMILES string of the molecule is COC(=O)c1ccnc(NC(=O)C[C@H](C)NC(=O)C2CCCC2)c1. The van der Waals surface area contributed by atoms with E-state index in [9.17, 15) is 14.4 Å². The van der Waals surface area contributed by atoms with Crippen molar-refractivity contribution in [2.24, 2.45) is 5.92 Å². The van der Waals surface area contributed by atoms with Crippen molar-refractivity contribution in [3.8, 4) is 0 Å². The maximum atomic E-state index is 12.1. The first-order chi connectivity index (χ1) is 11.5. The number of nitrogens with one attached hydrogen (secondary N) is 2. The number of methoxy groups -OCH3 is 1. The van der Waals surface area contributed by atoms with Gasteiger partial charge in [-0.05, 0) is 31.9 Å². The molecule has 0 unspecified atom stereocenters. The van der Waals surface area contributed by atoms with Gasteiger partial charge in [-0.15, -0.1) is 0 Å². The normalized spacial score (nSPS) is 15.6. The summed E-state index contributed by atoms with van der Waals surface area (Å²) < 4.78 is 4.63. The molecule has 0 aliphatic heterocycles. The highest BCUT2D eigenvalue weighted by Crippen LogP contribution is 2.24. The van der Waals surface area contributed by atoms with Crippen molar-refractivity contribution in [2.75, 3.05) is 12.4 Å². The predicted octanol–water partition coefficient (Wildman–Crippen LogP) is 1.89. The van der Waals surface area contributed by atoms with Gasteiger partial charge in [0.15, 0.2) is 0 Å². The average Bonchev–Trinajstić information content (AvgIpc) is 3.08. The lowest BCUT2D eigenvalue weighted by molar-refractivity contribution is -0.125. The Morgan fingerprint density at radius 1 is 1.33 bits per heavy atom. The van der Waals surface area contributed by atoms with Gasteiger partial charge in [-0.25, -0.2) is 9.78 Å². The van der Waals surface area contributed by atoms with Crippen molar-refractivity contribution in [2.45, 2.75) is 45.1 Å². The van der Waals surface area contributed by atoms with E-state index in [1.165, 1.54) is 25.4 Å². The quantitative estimate of drug-likeness (QED) is 0.775. The van der Waals surface area contributed by atoms with Gasteiger partial charge in [-0.1, -0.05) is 12.8 Å². The second kappa shape index (κ2) is 8.42. The number of amides is 2. The van der Waals surface area contributed by atoms with Gasteiger partial charge in [0.05, 0.1) is 12.7 Å². The van der Waals surface area contributed by atoms with Crippen LogP contribution in [0.4, 0.5) is 5.82 Å². The van der Waals surface area contributed by atoms with Crippen molar-refractivity contribution in [1.29, 1.82) is 0 Å². The summed E-state index contributed by atoms with van der Waals surface area (Å²) in [4.78, 5) is 39.6. The van der Waals surface area contributed by atoms with E-state index in [0.29, 0.717) is 5.56 Å². The van der Waals surface area contributed by atoms with Crippen LogP contribution in [0.3, 0.4) is 0 Å². The zero-order valence-corrected chi connectivity index (χ0v) is 14.0. The second-order valence-corrected chi connectivity index (χ2v) is 6.06. The molecule has 7 heteroatoms. The van der Waals surface area contributed by atoms with Gasteiger partial charge in [0, 0.05) is 24.6 Å². The van der Waals surface area contributed by atoms with Gasteiger partial charge in [0.2, 0.25) is 11.8 Å². The van der Waals surface area contributed by atoms with Crippen LogP contribution in [0.15, 0.2) is 18.3 Å². The third-order valence-corrected chi connectivity index (χ3v) is 4.05. The lowest BCUT2D eigenvalue weighted by Gasteiger charge is -2.16. The second-order valence-electron chi connectivity index (χ2n) is 6.06. The average molecular weight is 333 g/mol. The fraction of sp³-hybridized carbons (Fsp3) is 0.529. The smallest absolute Gasteiger partial charge is 0.338 e. The van der Waals surface area contributed by atoms with Crippen LogP contribution in [0, 0.1) is 5.92 Å². The van der Waals surface area contributed by atoms with Crippen LogP contribution < -0.4 is 10.6 Å². The number of ether oxygens (including phenoxy) is 1. The highest BCUT2D eigenvalue weighted by Gasteiger charge is 2.24. The molecular formula is C17H23N3O4. The zero-order valence-electron chi connectivity index (χ0n) is 14.0. The first-order valence-corrected chi connectivity index (χ1v) is 8.14. The van der Waals surface area contributed by atoms with Gasteiger partial charge in [-0.3, -0.25) is 9.59 Å². The van der Waals surface area contributed by atoms with Gasteiger partial charge < -0.3 is 15.4 Å². The minimum Gasteiger partial charge on any atom is -0.465 e. The number of hydrogen-bond acceptors (Lipinski definition) is 5. The van der Waals surface area contributed by atoms with E-state index in [1.54, 1.807) is 6.92 Å². The molecule has 1 aliphatic carbocycles. The van der Waals surface area contributed by atoms with Crippen LogP contribution in [0.5, 0.6) is 0 Å². The number of aromatic nitrogens is 1. The standard InChI is InChI=1S/C17H23N3O4/c1-11(19-16(22)12-5-3-4-6-12)9-15(21)20-14-10-13(7-8-18-14)17(23)24-2/h7-8,10-12H,3-6,9H2,1-2H3,(H,19,22)(H,18,20,21)/t11-/m0/s1. The van der Waals surface area contributed by atoms with Gasteiger partial charge in [0.25, 0.3) is 0 Å². The number of carbonyl (C=O) groups excluding carboxylic acids is 3. The van der Waals surface area contributed by atoms with Crippen LogP contribution in [0.1, 0.15) is 49.4 Å². The van der Waals surface area contributed by atoms with Crippen molar-refractivity contribution < 1.29 is 19.1 Å². The molecule has 130 valence electrons. The zero-order chi connectivity index (χ0) is 17.5. The maximum Gasteiger partial charge on any atom is 0.338 e. The Morgan fingerprint density at radius 2 is 2.04 bits per heavy atom. The Kier molecular flexibility index (Phi) is 6.28. The molecule has 2 N–H and O–H groups in total. The summed E-state index contributed by atoms with van der Waals surface area (Å²) in [6.07, 6.45) is 5.60. The lowest BCUT2D eigenvalue weighted by Crippen LogP contribution is -2.38. The third-order valence-electron chi connectivity index (χ3n) is 4.05. The van der Waals surface area contributed by atoms with Crippen LogP contribution >= 0.6 is 0 Å². The number of carbonyl (C=O) groups is 3. The molecule has 1 aromatic rings. The van der Waals surface area contributed by atoms with E-state index >= 15 is 0 Å². The first kappa shape index (κ1) is 17.9. The third kappa shape index (κ3) is 5.04. The molecule has 2 rings (SSSR count). The Labute approximate surface area is 141 Å². The fourth-order valence-corrected chi connectivity index (χ4v) is 2.82. The maximum absolute atomic E-state index is 12.1. The van der Waals surface area contributed by atoms with Crippen molar-refractivity contribution in [3.05, 3.63) is 23.9 Å². The molecule has 1 aliphatic rings. The summed E-state index contributed by atoms with van der Waals surface area (Å²) in [5.41, 5.74) is 0.311. The van der Waals surface area contributed by atoms with Crippen LogP contribution in [0.2, 0.25) is 0 Å². The van der Waals surface area contributed by atoms with E-state index < -0.39 is 5.97 Å². The highest BCUT2D eigenvalue weighted by molar-refractivity contribution is 5.94. The van der Waals surface area contributed by atoms with Crippen LogP contribution in [-0.2, 0) is 14.3 Å². The van der Waals surface area contributed by atoms with Crippen molar-refractivity contribution in [3.63, 3.8) is 0 Å².